The van der Waals surface area contributed by atoms with Crippen molar-refractivity contribution in [3.8, 4) is 0 Å². The van der Waals surface area contributed by atoms with E-state index in [2.05, 4.69) is 31.9 Å². The molecule has 0 aromatic carbocycles. The first-order valence-corrected chi connectivity index (χ1v) is 3.28. The third-order valence-corrected chi connectivity index (χ3v) is 1.93. The normalized spacial score (nSPS) is 5.00. The van der Waals surface area contributed by atoms with E-state index in [0.717, 1.165) is 10.7 Å². The molecule has 6 heavy (non-hydrogen) atoms. The molecule has 0 unspecified atom stereocenters. The van der Waals surface area contributed by atoms with Gasteiger partial charge in [0.15, 0.2) is 0 Å². The average molecular weight is 224 g/mol. The van der Waals surface area contributed by atoms with Crippen molar-refractivity contribution in [2.45, 2.75) is 0 Å². The lowest BCUT2D eigenvalue weighted by atomic mass is 11.0. The monoisotopic (exact) mass is 222 g/mol. The maximum Gasteiger partial charge on any atom is 0.0129 e. The number of quaternary nitrogens is 2. The van der Waals surface area contributed by atoms with Crippen molar-refractivity contribution < 1.29 is 0 Å². The van der Waals surface area contributed by atoms with Crippen molar-refractivity contribution in [1.82, 2.24) is 12.3 Å². The van der Waals surface area contributed by atoms with Crippen LogP contribution < -0.4 is 12.3 Å². The highest BCUT2D eigenvalue weighted by atomic mass is 79.9. The summed E-state index contributed by atoms with van der Waals surface area (Å²) in [5.41, 5.74) is 0. The SMILES string of the molecule is BrCCBr.[NH4+].[NH4+]. The van der Waals surface area contributed by atoms with Crippen LogP contribution in [0.3, 0.4) is 0 Å². The topological polar surface area (TPSA) is 73.0 Å². The quantitative estimate of drug-likeness (QED) is 0.642. The molecule has 0 aliphatic rings. The van der Waals surface area contributed by atoms with Crippen LogP contribution in [-0.4, -0.2) is 10.7 Å². The first-order chi connectivity index (χ1) is 1.91. The van der Waals surface area contributed by atoms with Crippen molar-refractivity contribution >= 4 is 31.9 Å². The Hall–Kier alpha value is 0.880. The molecule has 0 atom stereocenters. The van der Waals surface area contributed by atoms with Crippen molar-refractivity contribution in [3.05, 3.63) is 0 Å². The summed E-state index contributed by atoms with van der Waals surface area (Å²) in [6.45, 7) is 0. The van der Waals surface area contributed by atoms with Crippen LogP contribution in [0.2, 0.25) is 0 Å². The van der Waals surface area contributed by atoms with Crippen LogP contribution in [0.4, 0.5) is 0 Å². The van der Waals surface area contributed by atoms with E-state index in [0.29, 0.717) is 0 Å². The van der Waals surface area contributed by atoms with Crippen molar-refractivity contribution in [2.75, 3.05) is 10.7 Å². The van der Waals surface area contributed by atoms with Crippen molar-refractivity contribution in [3.63, 3.8) is 0 Å². The fourth-order valence-electron chi connectivity index (χ4n) is 0. The van der Waals surface area contributed by atoms with E-state index in [1.807, 2.05) is 0 Å². The van der Waals surface area contributed by atoms with Crippen LogP contribution >= 0.6 is 31.9 Å². The lowest BCUT2D eigenvalue weighted by molar-refractivity contribution is 1.62. The Balaban J connectivity index is -0.0000000450. The van der Waals surface area contributed by atoms with Gasteiger partial charge in [0.1, 0.15) is 0 Å². The third-order valence-electron chi connectivity index (χ3n) is 0.0714. The highest BCUT2D eigenvalue weighted by Gasteiger charge is 1.60. The largest absolute Gasteiger partial charge is 0.369 e. The summed E-state index contributed by atoms with van der Waals surface area (Å²) >= 11 is 6.40. The highest BCUT2D eigenvalue weighted by molar-refractivity contribution is 9.11. The molecule has 0 rings (SSSR count). The van der Waals surface area contributed by atoms with Gasteiger partial charge in [0.2, 0.25) is 0 Å². The van der Waals surface area contributed by atoms with Gasteiger partial charge in [-0.25, -0.2) is 0 Å². The van der Waals surface area contributed by atoms with Gasteiger partial charge in [-0.05, 0) is 0 Å². The molecule has 0 bridgehead atoms. The summed E-state index contributed by atoms with van der Waals surface area (Å²) in [5.74, 6) is 0. The van der Waals surface area contributed by atoms with Gasteiger partial charge < -0.3 is 12.3 Å². The fourth-order valence-corrected chi connectivity index (χ4v) is 0. The van der Waals surface area contributed by atoms with Crippen molar-refractivity contribution in [1.29, 1.82) is 0 Å². The Morgan fingerprint density at radius 1 is 0.833 bits per heavy atom. The van der Waals surface area contributed by atoms with Crippen LogP contribution in [0.5, 0.6) is 0 Å². The second kappa shape index (κ2) is 16.9. The molecule has 0 saturated carbocycles. The maximum atomic E-state index is 3.20. The Morgan fingerprint density at radius 3 is 1.00 bits per heavy atom. The minimum atomic E-state index is 0. The van der Waals surface area contributed by atoms with E-state index < -0.39 is 0 Å². The molecular weight excluding hydrogens is 212 g/mol. The molecule has 0 spiro atoms. The molecule has 42 valence electrons. The number of rotatable bonds is 1. The summed E-state index contributed by atoms with van der Waals surface area (Å²) in [4.78, 5) is 0. The second-order valence-electron chi connectivity index (χ2n) is 0.378. The van der Waals surface area contributed by atoms with Gasteiger partial charge in [-0.2, -0.15) is 0 Å². The number of halogens is 2. The van der Waals surface area contributed by atoms with Crippen LogP contribution in [0.15, 0.2) is 0 Å². The van der Waals surface area contributed by atoms with Gasteiger partial charge in [-0.15, -0.1) is 0 Å². The molecule has 8 N–H and O–H groups in total. The molecule has 2 nitrogen and oxygen atoms in total. The fraction of sp³-hybridized carbons (Fsp3) is 1.00. The minimum absolute atomic E-state index is 0. The molecule has 0 amide bonds. The van der Waals surface area contributed by atoms with Gasteiger partial charge in [0, 0.05) is 10.7 Å². The van der Waals surface area contributed by atoms with Crippen LogP contribution in [0.1, 0.15) is 0 Å². The molecule has 0 saturated heterocycles. The maximum absolute atomic E-state index is 3.20. The van der Waals surface area contributed by atoms with Crippen LogP contribution in [0.25, 0.3) is 0 Å². The van der Waals surface area contributed by atoms with Gasteiger partial charge in [-0.3, -0.25) is 0 Å². The zero-order valence-electron chi connectivity index (χ0n) is 4.17. The van der Waals surface area contributed by atoms with E-state index >= 15 is 0 Å². The highest BCUT2D eigenvalue weighted by Crippen LogP contribution is 1.82. The average Bonchev–Trinajstić information content (AvgIpc) is 1.37. The number of alkyl halides is 2. The molecule has 0 heterocycles. The summed E-state index contributed by atoms with van der Waals surface area (Å²) in [6.07, 6.45) is 0. The summed E-state index contributed by atoms with van der Waals surface area (Å²) < 4.78 is 0. The molecular formula is C2H12Br2N2+2. The second-order valence-corrected chi connectivity index (χ2v) is 1.96. The Kier molecular flexibility index (Phi) is 44.5. The standard InChI is InChI=1S/C2H4Br2.2H3N/c3-1-2-4;;/h1-2H2;2*1H3/p+2. The van der Waals surface area contributed by atoms with Gasteiger partial charge >= 0.3 is 0 Å². The molecule has 0 aliphatic heterocycles. The van der Waals surface area contributed by atoms with E-state index in [1.54, 1.807) is 0 Å². The third kappa shape index (κ3) is 20.8. The predicted molar refractivity (Wildman–Crippen MR) is 39.6 cm³/mol. The summed E-state index contributed by atoms with van der Waals surface area (Å²) in [6, 6.07) is 0. The Morgan fingerprint density at radius 2 is 1.00 bits per heavy atom. The Labute approximate surface area is 55.1 Å². The lowest BCUT2D eigenvalue weighted by Crippen LogP contribution is -1.61. The van der Waals surface area contributed by atoms with Gasteiger partial charge in [0.05, 0.1) is 0 Å². The molecule has 0 radical (unpaired) electrons. The molecule has 0 aromatic rings. The minimum Gasteiger partial charge on any atom is -0.369 e. The molecule has 0 aliphatic carbocycles. The first-order valence-electron chi connectivity index (χ1n) is 1.03. The first kappa shape index (κ1) is 15.8. The van der Waals surface area contributed by atoms with E-state index in [9.17, 15) is 0 Å². The summed E-state index contributed by atoms with van der Waals surface area (Å²) in [5, 5.41) is 2.10. The Bertz CT molecular complexity index is 11.5. The molecule has 0 fully saturated rings. The van der Waals surface area contributed by atoms with Crippen LogP contribution in [0, 0.1) is 0 Å². The lowest BCUT2D eigenvalue weighted by Gasteiger charge is -1.63. The van der Waals surface area contributed by atoms with Gasteiger partial charge in [-0.1, -0.05) is 31.9 Å². The zero-order chi connectivity index (χ0) is 3.41. The summed E-state index contributed by atoms with van der Waals surface area (Å²) in [7, 11) is 0. The van der Waals surface area contributed by atoms with E-state index in [-0.39, 0.29) is 12.3 Å². The smallest absolute Gasteiger partial charge is 0.0129 e. The number of hydrogen-bond donors (Lipinski definition) is 2. The molecule has 4 heteroatoms. The van der Waals surface area contributed by atoms with Gasteiger partial charge in [0.25, 0.3) is 0 Å². The molecule has 0 aromatic heterocycles. The van der Waals surface area contributed by atoms with E-state index in [1.165, 1.54) is 0 Å². The predicted octanol–water partition coefficient (Wildman–Crippen LogP) is 2.53. The number of hydrogen-bond acceptors (Lipinski definition) is 0. The van der Waals surface area contributed by atoms with E-state index in [4.69, 9.17) is 0 Å². The van der Waals surface area contributed by atoms with Crippen molar-refractivity contribution in [2.24, 2.45) is 0 Å². The zero-order valence-corrected chi connectivity index (χ0v) is 7.34. The van der Waals surface area contributed by atoms with Crippen LogP contribution in [-0.2, 0) is 0 Å².